The van der Waals surface area contributed by atoms with Crippen LogP contribution in [-0.4, -0.2) is 68.6 Å². The molecule has 0 aromatic heterocycles. The number of hydrogen-bond donors (Lipinski definition) is 1. The number of halogens is 1. The van der Waals surface area contributed by atoms with Crippen molar-refractivity contribution >= 4 is 27.5 Å². The van der Waals surface area contributed by atoms with E-state index in [1.165, 1.54) is 4.31 Å². The highest BCUT2D eigenvalue weighted by atomic mass is 35.5. The quantitative estimate of drug-likeness (QED) is 0.738. The first-order valence-corrected chi connectivity index (χ1v) is 10.7. The Bertz CT molecular complexity index is 675. The summed E-state index contributed by atoms with van der Waals surface area (Å²) in [5.74, 6) is -0.227. The number of nitrogens with one attached hydrogen (secondary N) is 1. The first kappa shape index (κ1) is 20.2. The molecule has 1 heterocycles. The predicted octanol–water partition coefficient (Wildman–Crippen LogP) is 1.82. The molecule has 140 valence electrons. The molecule has 0 radical (unpaired) electrons. The van der Waals surface area contributed by atoms with Gasteiger partial charge in [0.15, 0.2) is 0 Å². The topological polar surface area (TPSA) is 69.7 Å². The van der Waals surface area contributed by atoms with Gasteiger partial charge in [0.25, 0.3) is 5.91 Å². The van der Waals surface area contributed by atoms with Gasteiger partial charge in [0.05, 0.1) is 5.75 Å². The molecule has 1 aliphatic rings. The molecule has 1 aromatic rings. The van der Waals surface area contributed by atoms with E-state index in [0.29, 0.717) is 43.3 Å². The summed E-state index contributed by atoms with van der Waals surface area (Å²) >= 11 is 5.97. The van der Waals surface area contributed by atoms with Crippen molar-refractivity contribution in [2.75, 3.05) is 45.0 Å². The molecule has 0 unspecified atom stereocenters. The normalized spacial score (nSPS) is 15.9. The van der Waals surface area contributed by atoms with E-state index < -0.39 is 10.0 Å². The lowest BCUT2D eigenvalue weighted by atomic mass is 10.2. The fourth-order valence-corrected chi connectivity index (χ4v) is 4.38. The lowest BCUT2D eigenvalue weighted by Gasteiger charge is -2.28. The summed E-state index contributed by atoms with van der Waals surface area (Å²) in [5.41, 5.74) is 0.489. The van der Waals surface area contributed by atoms with Gasteiger partial charge in [0, 0.05) is 49.9 Å². The van der Waals surface area contributed by atoms with Crippen LogP contribution in [-0.2, 0) is 10.0 Å². The highest BCUT2D eigenvalue weighted by molar-refractivity contribution is 7.89. The minimum Gasteiger partial charge on any atom is -0.338 e. The third kappa shape index (κ3) is 5.95. The molecule has 0 atom stereocenters. The molecule has 6 nitrogen and oxygen atoms in total. The maximum atomic E-state index is 12.7. The minimum atomic E-state index is -3.35. The molecule has 0 aliphatic carbocycles. The van der Waals surface area contributed by atoms with Gasteiger partial charge in [0.2, 0.25) is 10.0 Å². The number of hydrogen-bond acceptors (Lipinski definition) is 4. The summed E-state index contributed by atoms with van der Waals surface area (Å²) in [7, 11) is -3.35. The fraction of sp³-hybridized carbons (Fsp3) is 0.588. The van der Waals surface area contributed by atoms with Crippen molar-refractivity contribution in [2.24, 2.45) is 0 Å². The van der Waals surface area contributed by atoms with Crippen LogP contribution in [0.15, 0.2) is 24.3 Å². The largest absolute Gasteiger partial charge is 0.338 e. The molecular formula is C17H26ClN3O3S. The van der Waals surface area contributed by atoms with E-state index in [-0.39, 0.29) is 18.2 Å². The van der Waals surface area contributed by atoms with E-state index in [0.717, 1.165) is 12.8 Å². The Kier molecular flexibility index (Phi) is 7.68. The number of amides is 1. The number of rotatable bonds is 8. The van der Waals surface area contributed by atoms with Gasteiger partial charge in [-0.3, -0.25) is 4.79 Å². The smallest absolute Gasteiger partial charge is 0.253 e. The molecule has 1 N–H and O–H groups in total. The van der Waals surface area contributed by atoms with Crippen LogP contribution in [0.1, 0.15) is 30.1 Å². The van der Waals surface area contributed by atoms with Gasteiger partial charge in [-0.15, -0.1) is 0 Å². The van der Waals surface area contributed by atoms with Crippen molar-refractivity contribution in [1.29, 1.82) is 0 Å². The Balaban J connectivity index is 2.05. The molecule has 1 saturated heterocycles. The zero-order chi connectivity index (χ0) is 18.3. The number of sulfonamides is 1. The van der Waals surface area contributed by atoms with E-state index in [4.69, 9.17) is 11.6 Å². The zero-order valence-electron chi connectivity index (χ0n) is 14.6. The van der Waals surface area contributed by atoms with E-state index in [9.17, 15) is 13.2 Å². The summed E-state index contributed by atoms with van der Waals surface area (Å²) < 4.78 is 26.5. The van der Waals surface area contributed by atoms with Gasteiger partial charge in [-0.25, -0.2) is 8.42 Å². The van der Waals surface area contributed by atoms with Crippen molar-refractivity contribution in [3.63, 3.8) is 0 Å². The van der Waals surface area contributed by atoms with Gasteiger partial charge in [-0.05, 0) is 24.6 Å². The number of benzene rings is 1. The van der Waals surface area contributed by atoms with Gasteiger partial charge < -0.3 is 10.2 Å². The SMILES string of the molecule is CCCCN(CCS(=O)(=O)N1CCNCC1)C(=O)c1cccc(Cl)c1. The van der Waals surface area contributed by atoms with E-state index in [2.05, 4.69) is 5.32 Å². The molecule has 1 aliphatic heterocycles. The van der Waals surface area contributed by atoms with E-state index in [1.807, 2.05) is 6.92 Å². The van der Waals surface area contributed by atoms with Crippen LogP contribution in [0.5, 0.6) is 0 Å². The van der Waals surface area contributed by atoms with Gasteiger partial charge in [0.1, 0.15) is 0 Å². The average Bonchev–Trinajstić information content (AvgIpc) is 2.62. The van der Waals surface area contributed by atoms with Gasteiger partial charge >= 0.3 is 0 Å². The first-order valence-electron chi connectivity index (χ1n) is 8.67. The number of carbonyl (C=O) groups is 1. The molecule has 0 spiro atoms. The lowest BCUT2D eigenvalue weighted by molar-refractivity contribution is 0.0763. The molecule has 8 heteroatoms. The monoisotopic (exact) mass is 387 g/mol. The highest BCUT2D eigenvalue weighted by Gasteiger charge is 2.25. The number of nitrogens with zero attached hydrogens (tertiary/aromatic N) is 2. The Hall–Kier alpha value is -1.15. The molecule has 1 fully saturated rings. The second-order valence-electron chi connectivity index (χ2n) is 6.12. The number of unbranched alkanes of at least 4 members (excludes halogenated alkanes) is 1. The summed E-state index contributed by atoms with van der Waals surface area (Å²) in [6, 6.07) is 6.76. The maximum absolute atomic E-state index is 12.7. The Morgan fingerprint density at radius 2 is 2.00 bits per heavy atom. The first-order chi connectivity index (χ1) is 11.9. The summed E-state index contributed by atoms with van der Waals surface area (Å²) in [5, 5.41) is 3.64. The van der Waals surface area contributed by atoms with Crippen molar-refractivity contribution in [1.82, 2.24) is 14.5 Å². The molecule has 1 aromatic carbocycles. The third-order valence-electron chi connectivity index (χ3n) is 4.23. The molecule has 2 rings (SSSR count). The van der Waals surface area contributed by atoms with Crippen LogP contribution >= 0.6 is 11.6 Å². The van der Waals surface area contributed by atoms with Crippen LogP contribution < -0.4 is 5.32 Å². The van der Waals surface area contributed by atoms with Crippen molar-refractivity contribution < 1.29 is 13.2 Å². The van der Waals surface area contributed by atoms with Crippen LogP contribution in [0.4, 0.5) is 0 Å². The molecular weight excluding hydrogens is 362 g/mol. The minimum absolute atomic E-state index is 0.0526. The second kappa shape index (κ2) is 9.52. The molecule has 0 bridgehead atoms. The fourth-order valence-electron chi connectivity index (χ4n) is 2.75. The Labute approximate surface area is 155 Å². The maximum Gasteiger partial charge on any atom is 0.253 e. The molecule has 25 heavy (non-hydrogen) atoms. The summed E-state index contributed by atoms with van der Waals surface area (Å²) in [4.78, 5) is 14.4. The van der Waals surface area contributed by atoms with Crippen LogP contribution in [0.25, 0.3) is 0 Å². The summed E-state index contributed by atoms with van der Waals surface area (Å²) in [6.07, 6.45) is 1.77. The van der Waals surface area contributed by atoms with Crippen molar-refractivity contribution in [3.05, 3.63) is 34.9 Å². The van der Waals surface area contributed by atoms with Crippen molar-refractivity contribution in [3.8, 4) is 0 Å². The number of carbonyl (C=O) groups excluding carboxylic acids is 1. The van der Waals surface area contributed by atoms with Gasteiger partial charge in [-0.2, -0.15) is 4.31 Å². The third-order valence-corrected chi connectivity index (χ3v) is 6.31. The van der Waals surface area contributed by atoms with Crippen LogP contribution in [0.3, 0.4) is 0 Å². The molecule has 1 amide bonds. The Morgan fingerprint density at radius 1 is 1.28 bits per heavy atom. The predicted molar refractivity (Wildman–Crippen MR) is 100 cm³/mol. The van der Waals surface area contributed by atoms with E-state index >= 15 is 0 Å². The van der Waals surface area contributed by atoms with Crippen LogP contribution in [0.2, 0.25) is 5.02 Å². The Morgan fingerprint density at radius 3 is 2.64 bits per heavy atom. The summed E-state index contributed by atoms with van der Waals surface area (Å²) in [6.45, 7) is 5.08. The highest BCUT2D eigenvalue weighted by Crippen LogP contribution is 2.14. The molecule has 0 saturated carbocycles. The second-order valence-corrected chi connectivity index (χ2v) is 8.65. The van der Waals surface area contributed by atoms with E-state index in [1.54, 1.807) is 29.2 Å². The standard InChI is InChI=1S/C17H26ClN3O3S/c1-2-3-9-20(17(22)15-5-4-6-16(18)14-15)12-13-25(23,24)21-10-7-19-8-11-21/h4-6,14,19H,2-3,7-13H2,1H3. The average molecular weight is 388 g/mol. The number of piperazine rings is 1. The lowest BCUT2D eigenvalue weighted by Crippen LogP contribution is -2.48. The van der Waals surface area contributed by atoms with Crippen molar-refractivity contribution in [2.45, 2.75) is 19.8 Å². The van der Waals surface area contributed by atoms with Crippen LogP contribution in [0, 0.1) is 0 Å². The zero-order valence-corrected chi connectivity index (χ0v) is 16.2. The van der Waals surface area contributed by atoms with Gasteiger partial charge in [-0.1, -0.05) is 31.0 Å².